The van der Waals surface area contributed by atoms with E-state index in [2.05, 4.69) is 26.1 Å². The normalized spacial score (nSPS) is 33.4. The lowest BCUT2D eigenvalue weighted by Crippen LogP contribution is -2.44. The van der Waals surface area contributed by atoms with E-state index in [0.717, 1.165) is 11.5 Å². The maximum atomic E-state index is 12.6. The van der Waals surface area contributed by atoms with Crippen LogP contribution in [0.4, 0.5) is 13.2 Å². The van der Waals surface area contributed by atoms with Gasteiger partial charge in [-0.15, -0.1) is 0 Å². The van der Waals surface area contributed by atoms with Crippen LogP contribution in [0.3, 0.4) is 0 Å². The van der Waals surface area contributed by atoms with Gasteiger partial charge in [0.2, 0.25) is 0 Å². The molecular weight excluding hydrogens is 287 g/mol. The second-order valence-corrected chi connectivity index (χ2v) is 7.74. The molecule has 22 heavy (non-hydrogen) atoms. The third-order valence-electron chi connectivity index (χ3n) is 6.63. The number of fused-ring (bicyclic) bond motifs is 2. The number of nitrogens with one attached hydrogen (secondary N) is 1. The Hall–Kier alpha value is -1.03. The molecule has 2 fully saturated rings. The van der Waals surface area contributed by atoms with Crippen LogP contribution in [-0.4, -0.2) is 6.04 Å². The van der Waals surface area contributed by atoms with E-state index in [4.69, 9.17) is 0 Å². The van der Waals surface area contributed by atoms with Gasteiger partial charge >= 0.3 is 6.18 Å². The van der Waals surface area contributed by atoms with E-state index in [-0.39, 0.29) is 0 Å². The van der Waals surface area contributed by atoms with Crippen molar-refractivity contribution in [3.8, 4) is 0 Å². The lowest BCUT2D eigenvalue weighted by molar-refractivity contribution is -0.137. The zero-order valence-corrected chi connectivity index (χ0v) is 13.4. The molecule has 0 saturated heterocycles. The Labute approximate surface area is 130 Å². The zero-order chi connectivity index (χ0) is 16.2. The van der Waals surface area contributed by atoms with Gasteiger partial charge in [0, 0.05) is 12.6 Å². The monoisotopic (exact) mass is 311 g/mol. The van der Waals surface area contributed by atoms with E-state index >= 15 is 0 Å². The summed E-state index contributed by atoms with van der Waals surface area (Å²) in [5.74, 6) is 0.766. The third-order valence-corrected chi connectivity index (χ3v) is 6.63. The van der Waals surface area contributed by atoms with Crippen molar-refractivity contribution >= 4 is 0 Å². The van der Waals surface area contributed by atoms with Crippen LogP contribution in [0.25, 0.3) is 0 Å². The summed E-state index contributed by atoms with van der Waals surface area (Å²) in [5, 5.41) is 3.60. The van der Waals surface area contributed by atoms with Crippen LogP contribution in [0.1, 0.15) is 51.2 Å². The molecule has 0 unspecified atom stereocenters. The summed E-state index contributed by atoms with van der Waals surface area (Å²) in [4.78, 5) is 0. The Kier molecular flexibility index (Phi) is 3.59. The Morgan fingerprint density at radius 1 is 1.14 bits per heavy atom. The first-order valence-corrected chi connectivity index (χ1v) is 8.04. The minimum atomic E-state index is -4.26. The van der Waals surface area contributed by atoms with Gasteiger partial charge in [-0.3, -0.25) is 0 Å². The molecular formula is C18H24F3N. The van der Waals surface area contributed by atoms with Gasteiger partial charge in [-0.05, 0) is 53.7 Å². The van der Waals surface area contributed by atoms with Crippen molar-refractivity contribution in [2.75, 3.05) is 0 Å². The number of rotatable bonds is 3. The molecule has 0 aromatic heterocycles. The molecule has 1 nitrogen and oxygen atoms in total. The molecule has 2 aliphatic carbocycles. The zero-order valence-electron chi connectivity index (χ0n) is 13.4. The third kappa shape index (κ3) is 2.36. The van der Waals surface area contributed by atoms with Crippen molar-refractivity contribution in [3.63, 3.8) is 0 Å². The van der Waals surface area contributed by atoms with E-state index in [9.17, 15) is 13.2 Å². The number of halogens is 3. The van der Waals surface area contributed by atoms with Gasteiger partial charge in [-0.2, -0.15) is 13.2 Å². The van der Waals surface area contributed by atoms with Crippen molar-refractivity contribution in [1.29, 1.82) is 0 Å². The minimum Gasteiger partial charge on any atom is -0.309 e. The molecule has 1 aromatic carbocycles. The molecule has 2 bridgehead atoms. The van der Waals surface area contributed by atoms with Gasteiger partial charge < -0.3 is 5.32 Å². The van der Waals surface area contributed by atoms with Crippen LogP contribution >= 0.6 is 0 Å². The van der Waals surface area contributed by atoms with E-state index in [0.29, 0.717) is 23.4 Å². The molecule has 0 spiro atoms. The van der Waals surface area contributed by atoms with Gasteiger partial charge in [0.05, 0.1) is 5.56 Å². The smallest absolute Gasteiger partial charge is 0.309 e. The average Bonchev–Trinajstić information content (AvgIpc) is 2.77. The van der Waals surface area contributed by atoms with Gasteiger partial charge in [0.1, 0.15) is 0 Å². The fraction of sp³-hybridized carbons (Fsp3) is 0.667. The van der Waals surface area contributed by atoms with E-state index in [1.54, 1.807) is 12.1 Å². The quantitative estimate of drug-likeness (QED) is 0.827. The lowest BCUT2D eigenvalue weighted by Gasteiger charge is -2.39. The molecule has 4 heteroatoms. The number of benzene rings is 1. The fourth-order valence-electron chi connectivity index (χ4n) is 4.57. The predicted molar refractivity (Wildman–Crippen MR) is 81.3 cm³/mol. The average molecular weight is 311 g/mol. The maximum Gasteiger partial charge on any atom is 0.416 e. The Morgan fingerprint density at radius 3 is 2.23 bits per heavy atom. The summed E-state index contributed by atoms with van der Waals surface area (Å²) in [7, 11) is 0. The topological polar surface area (TPSA) is 12.0 Å². The molecule has 1 aromatic rings. The van der Waals surface area contributed by atoms with Crippen molar-refractivity contribution in [2.24, 2.45) is 16.7 Å². The Balaban J connectivity index is 1.65. The van der Waals surface area contributed by atoms with Gasteiger partial charge in [0.25, 0.3) is 0 Å². The van der Waals surface area contributed by atoms with Crippen LogP contribution in [0.5, 0.6) is 0 Å². The van der Waals surface area contributed by atoms with Crippen LogP contribution in [0.2, 0.25) is 0 Å². The lowest BCUT2D eigenvalue weighted by atomic mass is 9.69. The first-order chi connectivity index (χ1) is 10.1. The van der Waals surface area contributed by atoms with Gasteiger partial charge in [-0.25, -0.2) is 0 Å². The van der Waals surface area contributed by atoms with Crippen molar-refractivity contribution in [1.82, 2.24) is 5.32 Å². The van der Waals surface area contributed by atoms with Gasteiger partial charge in [0.15, 0.2) is 0 Å². The van der Waals surface area contributed by atoms with Crippen LogP contribution in [0.15, 0.2) is 24.3 Å². The van der Waals surface area contributed by atoms with Crippen LogP contribution in [0, 0.1) is 16.7 Å². The van der Waals surface area contributed by atoms with Crippen LogP contribution in [-0.2, 0) is 12.7 Å². The Bertz CT molecular complexity index is 546. The summed E-state index contributed by atoms with van der Waals surface area (Å²) in [5.41, 5.74) is 0.982. The van der Waals surface area contributed by atoms with Gasteiger partial charge in [-0.1, -0.05) is 32.9 Å². The highest BCUT2D eigenvalue weighted by Gasteiger charge is 2.60. The molecule has 1 N–H and O–H groups in total. The molecule has 2 aliphatic rings. The summed E-state index contributed by atoms with van der Waals surface area (Å²) in [6, 6.07) is 5.96. The van der Waals surface area contributed by atoms with E-state index < -0.39 is 11.7 Å². The number of alkyl halides is 3. The van der Waals surface area contributed by atoms with Crippen molar-refractivity contribution in [3.05, 3.63) is 35.4 Å². The second-order valence-electron chi connectivity index (χ2n) is 7.74. The molecule has 0 heterocycles. The maximum absolute atomic E-state index is 12.6. The number of hydrogen-bond donors (Lipinski definition) is 1. The van der Waals surface area contributed by atoms with Crippen molar-refractivity contribution < 1.29 is 13.2 Å². The highest BCUT2D eigenvalue weighted by Crippen LogP contribution is 2.65. The molecule has 2 saturated carbocycles. The van der Waals surface area contributed by atoms with E-state index in [1.807, 2.05) is 0 Å². The molecule has 3 atom stereocenters. The second kappa shape index (κ2) is 4.98. The summed E-state index contributed by atoms with van der Waals surface area (Å²) in [6.07, 6.45) is -0.518. The highest BCUT2D eigenvalue weighted by molar-refractivity contribution is 5.25. The molecule has 0 radical (unpaired) electrons. The Morgan fingerprint density at radius 2 is 1.77 bits per heavy atom. The molecule has 0 amide bonds. The van der Waals surface area contributed by atoms with E-state index in [1.165, 1.54) is 31.4 Å². The first-order valence-electron chi connectivity index (χ1n) is 8.04. The standard InChI is InChI=1S/C18H24F3N/c1-16(2)14-8-9-17(16,3)15(10-14)22-11-12-4-6-13(7-5-12)18(19,20)21/h4-7,14-15,22H,8-11H2,1-3H3/t14-,15+,17+/m0/s1. The minimum absolute atomic E-state index is 0.295. The summed E-state index contributed by atoms with van der Waals surface area (Å²) < 4.78 is 37.7. The van der Waals surface area contributed by atoms with Crippen molar-refractivity contribution in [2.45, 2.75) is 58.8 Å². The summed E-state index contributed by atoms with van der Waals surface area (Å²) in [6.45, 7) is 7.74. The van der Waals surface area contributed by atoms with Crippen LogP contribution < -0.4 is 5.32 Å². The number of hydrogen-bond acceptors (Lipinski definition) is 1. The summed E-state index contributed by atoms with van der Waals surface area (Å²) >= 11 is 0. The molecule has 122 valence electrons. The fourth-order valence-corrected chi connectivity index (χ4v) is 4.57. The predicted octanol–water partition coefficient (Wildman–Crippen LogP) is 5.01. The molecule has 3 rings (SSSR count). The molecule has 0 aliphatic heterocycles. The highest BCUT2D eigenvalue weighted by atomic mass is 19.4. The first kappa shape index (κ1) is 15.9. The SMILES string of the molecule is CC1(C)[C@H]2CC[C@]1(C)[C@H](NCc1ccc(C(F)(F)F)cc1)C2. The largest absolute Gasteiger partial charge is 0.416 e.